The topological polar surface area (TPSA) is 82.5 Å². The van der Waals surface area contributed by atoms with Crippen molar-refractivity contribution in [1.29, 1.82) is 0 Å². The number of allylic oxidation sites excluding steroid dienone is 1. The van der Waals surface area contributed by atoms with E-state index in [0.29, 0.717) is 11.4 Å². The lowest BCUT2D eigenvalue weighted by atomic mass is 10.2. The molecule has 0 saturated carbocycles. The molecule has 1 aromatic heterocycles. The lowest BCUT2D eigenvalue weighted by molar-refractivity contribution is 0.237. The number of hydrogen-bond donors (Lipinski definition) is 1. The van der Waals surface area contributed by atoms with E-state index >= 15 is 0 Å². The fraction of sp³-hybridized carbons (Fsp3) is 0.174. The van der Waals surface area contributed by atoms with Crippen molar-refractivity contribution in [2.24, 2.45) is 10.7 Å². The van der Waals surface area contributed by atoms with E-state index in [1.165, 1.54) is 6.20 Å². The molecule has 0 aliphatic heterocycles. The molecular weight excluding hydrogens is 364 g/mol. The van der Waals surface area contributed by atoms with Crippen LogP contribution < -0.4 is 15.9 Å². The number of hydrogen-bond acceptors (Lipinski definition) is 5. The van der Waals surface area contributed by atoms with E-state index in [1.807, 2.05) is 75.4 Å². The van der Waals surface area contributed by atoms with Gasteiger partial charge in [-0.15, -0.1) is 0 Å². The van der Waals surface area contributed by atoms with Crippen LogP contribution in [0.15, 0.2) is 82.9 Å². The molecule has 0 amide bonds. The van der Waals surface area contributed by atoms with Crippen molar-refractivity contribution in [2.75, 3.05) is 0 Å². The van der Waals surface area contributed by atoms with Crippen molar-refractivity contribution in [2.45, 2.75) is 26.9 Å². The van der Waals surface area contributed by atoms with Gasteiger partial charge in [0.05, 0.1) is 29.4 Å². The highest BCUT2D eigenvalue weighted by atomic mass is 16.5. The minimum absolute atomic E-state index is 0.162. The summed E-state index contributed by atoms with van der Waals surface area (Å²) in [6.45, 7) is 5.74. The molecular formula is C23H24N4O2. The number of para-hydroxylation sites is 1. The van der Waals surface area contributed by atoms with Gasteiger partial charge in [-0.3, -0.25) is 4.79 Å². The van der Waals surface area contributed by atoms with E-state index in [1.54, 1.807) is 17.0 Å². The highest BCUT2D eigenvalue weighted by Crippen LogP contribution is 2.16. The Balaban J connectivity index is 2.23. The van der Waals surface area contributed by atoms with Gasteiger partial charge < -0.3 is 10.5 Å². The van der Waals surface area contributed by atoms with Crippen LogP contribution in [0, 0.1) is 6.92 Å². The van der Waals surface area contributed by atoms with Gasteiger partial charge in [-0.05, 0) is 62.9 Å². The molecule has 2 aromatic carbocycles. The van der Waals surface area contributed by atoms with Crippen molar-refractivity contribution >= 4 is 11.4 Å². The van der Waals surface area contributed by atoms with Gasteiger partial charge in [0.15, 0.2) is 11.4 Å². The summed E-state index contributed by atoms with van der Waals surface area (Å²) in [4.78, 5) is 17.7. The third kappa shape index (κ3) is 4.99. The van der Waals surface area contributed by atoms with Gasteiger partial charge in [0.2, 0.25) is 0 Å². The van der Waals surface area contributed by atoms with Gasteiger partial charge in [0, 0.05) is 0 Å². The SMILES string of the molecule is Cc1cccc(-n2cc(OC(C)C)c(=O)c(C(C=CN)=Nc3ccccc3)n2)c1. The molecule has 0 aliphatic carbocycles. The van der Waals surface area contributed by atoms with Crippen LogP contribution in [0.3, 0.4) is 0 Å². The second kappa shape index (κ2) is 9.01. The molecule has 0 bridgehead atoms. The highest BCUT2D eigenvalue weighted by molar-refractivity contribution is 6.08. The summed E-state index contributed by atoms with van der Waals surface area (Å²) in [7, 11) is 0. The Morgan fingerprint density at radius 2 is 1.93 bits per heavy atom. The van der Waals surface area contributed by atoms with Gasteiger partial charge in [0.1, 0.15) is 0 Å². The number of aryl methyl sites for hydroxylation is 1. The number of ether oxygens (including phenoxy) is 1. The van der Waals surface area contributed by atoms with Gasteiger partial charge in [-0.25, -0.2) is 9.67 Å². The van der Waals surface area contributed by atoms with Gasteiger partial charge in [-0.1, -0.05) is 30.3 Å². The Morgan fingerprint density at radius 3 is 2.59 bits per heavy atom. The van der Waals surface area contributed by atoms with Crippen LogP contribution in [0.4, 0.5) is 5.69 Å². The van der Waals surface area contributed by atoms with E-state index in [-0.39, 0.29) is 23.0 Å². The number of aliphatic imine (C=N–C) groups is 1. The normalized spacial score (nSPS) is 11.9. The van der Waals surface area contributed by atoms with Crippen molar-refractivity contribution in [3.8, 4) is 11.4 Å². The predicted molar refractivity (Wildman–Crippen MR) is 116 cm³/mol. The van der Waals surface area contributed by atoms with E-state index in [0.717, 1.165) is 11.3 Å². The standard InChI is InChI=1S/C23H24N4O2/c1-16(2)29-21-15-27(19-11-7-8-17(3)14-19)26-22(23(21)28)20(12-13-24)25-18-9-5-4-6-10-18/h4-16H,24H2,1-3H3. The monoisotopic (exact) mass is 388 g/mol. The lowest BCUT2D eigenvalue weighted by Crippen LogP contribution is -2.25. The summed E-state index contributed by atoms with van der Waals surface area (Å²) >= 11 is 0. The third-order valence-corrected chi connectivity index (χ3v) is 4.02. The maximum atomic E-state index is 13.1. The lowest BCUT2D eigenvalue weighted by Gasteiger charge is -2.14. The van der Waals surface area contributed by atoms with Crippen LogP contribution in [0.1, 0.15) is 25.1 Å². The largest absolute Gasteiger partial charge is 0.485 e. The minimum atomic E-state index is -0.338. The summed E-state index contributed by atoms with van der Waals surface area (Å²) < 4.78 is 7.40. The van der Waals surface area contributed by atoms with E-state index in [2.05, 4.69) is 10.1 Å². The average molecular weight is 388 g/mol. The Labute approximate surface area is 170 Å². The molecule has 0 fully saturated rings. The molecule has 0 spiro atoms. The molecule has 3 rings (SSSR count). The van der Waals surface area contributed by atoms with Crippen LogP contribution in [0.25, 0.3) is 5.69 Å². The van der Waals surface area contributed by atoms with Crippen LogP contribution in [0.5, 0.6) is 5.75 Å². The maximum absolute atomic E-state index is 13.1. The first kappa shape index (κ1) is 20.1. The molecule has 0 saturated heterocycles. The summed E-state index contributed by atoms with van der Waals surface area (Å²) in [5, 5.41) is 4.55. The number of aromatic nitrogens is 2. The summed E-state index contributed by atoms with van der Waals surface area (Å²) in [5.74, 6) is 0.206. The van der Waals surface area contributed by atoms with Crippen molar-refractivity contribution in [1.82, 2.24) is 9.78 Å². The Hall–Kier alpha value is -3.67. The van der Waals surface area contributed by atoms with Crippen molar-refractivity contribution in [3.05, 3.63) is 94.6 Å². The van der Waals surface area contributed by atoms with E-state index < -0.39 is 0 Å². The Morgan fingerprint density at radius 1 is 1.17 bits per heavy atom. The van der Waals surface area contributed by atoms with Gasteiger partial charge in [0.25, 0.3) is 5.43 Å². The quantitative estimate of drug-likeness (QED) is 0.649. The third-order valence-electron chi connectivity index (χ3n) is 4.02. The zero-order valence-corrected chi connectivity index (χ0v) is 16.7. The van der Waals surface area contributed by atoms with Crippen LogP contribution in [-0.2, 0) is 0 Å². The molecule has 0 radical (unpaired) electrons. The smallest absolute Gasteiger partial charge is 0.251 e. The molecule has 0 unspecified atom stereocenters. The predicted octanol–water partition coefficient (Wildman–Crippen LogP) is 3.92. The van der Waals surface area contributed by atoms with E-state index in [4.69, 9.17) is 10.5 Å². The number of nitrogens with zero attached hydrogens (tertiary/aromatic N) is 3. The second-order valence-electron chi connectivity index (χ2n) is 6.81. The first-order valence-electron chi connectivity index (χ1n) is 9.38. The van der Waals surface area contributed by atoms with Crippen LogP contribution >= 0.6 is 0 Å². The molecule has 2 N–H and O–H groups in total. The fourth-order valence-electron chi connectivity index (χ4n) is 2.78. The van der Waals surface area contributed by atoms with Crippen molar-refractivity contribution < 1.29 is 4.74 Å². The molecule has 3 aromatic rings. The summed E-state index contributed by atoms with van der Waals surface area (Å²) in [6.07, 6.45) is 4.35. The first-order valence-corrected chi connectivity index (χ1v) is 9.38. The zero-order chi connectivity index (χ0) is 20.8. The molecule has 6 nitrogen and oxygen atoms in total. The molecule has 1 heterocycles. The van der Waals surface area contributed by atoms with Crippen LogP contribution in [-0.4, -0.2) is 21.6 Å². The van der Waals surface area contributed by atoms with Crippen molar-refractivity contribution in [3.63, 3.8) is 0 Å². The Kier molecular flexibility index (Phi) is 6.24. The van der Waals surface area contributed by atoms with Crippen LogP contribution in [0.2, 0.25) is 0 Å². The minimum Gasteiger partial charge on any atom is -0.485 e. The average Bonchev–Trinajstić information content (AvgIpc) is 2.70. The number of benzene rings is 2. The Bertz CT molecular complexity index is 1100. The van der Waals surface area contributed by atoms with E-state index in [9.17, 15) is 4.79 Å². The molecule has 0 atom stereocenters. The zero-order valence-electron chi connectivity index (χ0n) is 16.7. The molecule has 6 heteroatoms. The molecule has 0 aliphatic rings. The number of rotatable bonds is 6. The fourth-order valence-corrected chi connectivity index (χ4v) is 2.78. The first-order chi connectivity index (χ1) is 14.0. The maximum Gasteiger partial charge on any atom is 0.251 e. The molecule has 148 valence electrons. The highest BCUT2D eigenvalue weighted by Gasteiger charge is 2.17. The summed E-state index contributed by atoms with van der Waals surface area (Å²) in [6, 6.07) is 17.2. The number of nitrogens with two attached hydrogens (primary N) is 1. The molecule has 29 heavy (non-hydrogen) atoms. The van der Waals surface area contributed by atoms with Gasteiger partial charge in [-0.2, -0.15) is 5.10 Å². The summed E-state index contributed by atoms with van der Waals surface area (Å²) in [5.41, 5.74) is 8.40. The van der Waals surface area contributed by atoms with Gasteiger partial charge >= 0.3 is 0 Å². The second-order valence-corrected chi connectivity index (χ2v) is 6.81.